The van der Waals surface area contributed by atoms with Gasteiger partial charge in [-0.15, -0.1) is 0 Å². The molecule has 15 heavy (non-hydrogen) atoms. The lowest BCUT2D eigenvalue weighted by molar-refractivity contribution is 0.277. The summed E-state index contributed by atoms with van der Waals surface area (Å²) < 4.78 is 0. The van der Waals surface area contributed by atoms with Gasteiger partial charge in [-0.3, -0.25) is 0 Å². The molecule has 2 aliphatic carbocycles. The Labute approximate surface area is 94.5 Å². The van der Waals surface area contributed by atoms with Gasteiger partial charge in [0.05, 0.1) is 0 Å². The summed E-state index contributed by atoms with van der Waals surface area (Å²) in [4.78, 5) is 0. The van der Waals surface area contributed by atoms with Gasteiger partial charge < -0.3 is 0 Å². The van der Waals surface area contributed by atoms with Crippen molar-refractivity contribution in [3.63, 3.8) is 0 Å². The molecule has 0 radical (unpaired) electrons. The highest BCUT2D eigenvalue weighted by Crippen LogP contribution is 2.44. The third kappa shape index (κ3) is 2.04. The van der Waals surface area contributed by atoms with E-state index in [2.05, 4.69) is 33.8 Å². The molecule has 0 aliphatic heterocycles. The maximum absolute atomic E-state index is 2.56. The predicted octanol–water partition coefficient (Wildman–Crippen LogP) is 4.73. The number of hydrogen-bond donors (Lipinski definition) is 0. The van der Waals surface area contributed by atoms with Crippen LogP contribution in [-0.2, 0) is 0 Å². The summed E-state index contributed by atoms with van der Waals surface area (Å²) in [5.41, 5.74) is 5.09. The average Bonchev–Trinajstić information content (AvgIpc) is 2.17. The third-order valence-electron chi connectivity index (χ3n) is 4.37. The largest absolute Gasteiger partial charge is 0.0781 e. The lowest BCUT2D eigenvalue weighted by Crippen LogP contribution is -2.27. The fourth-order valence-electron chi connectivity index (χ4n) is 3.34. The molecule has 2 rings (SSSR count). The SMILES string of the molecule is CC1=CC2C(=C(C)CC[C@@H]2C(C)C)CC1. The standard InChI is InChI=1S/C15H24/c1-10(2)13-8-6-12(4)14-7-5-11(3)9-15(13)14/h9-10,13,15H,5-8H2,1-4H3/t13-,15?/m1/s1. The van der Waals surface area contributed by atoms with Gasteiger partial charge in [0.2, 0.25) is 0 Å². The van der Waals surface area contributed by atoms with E-state index in [4.69, 9.17) is 0 Å². The summed E-state index contributed by atoms with van der Waals surface area (Å²) >= 11 is 0. The molecule has 0 heterocycles. The molecule has 0 aromatic heterocycles. The van der Waals surface area contributed by atoms with Crippen molar-refractivity contribution in [3.8, 4) is 0 Å². The Morgan fingerprint density at radius 3 is 2.53 bits per heavy atom. The third-order valence-corrected chi connectivity index (χ3v) is 4.37. The van der Waals surface area contributed by atoms with E-state index in [1.54, 1.807) is 16.7 Å². The van der Waals surface area contributed by atoms with Crippen molar-refractivity contribution < 1.29 is 0 Å². The molecule has 0 nitrogen and oxygen atoms in total. The van der Waals surface area contributed by atoms with Gasteiger partial charge in [-0.25, -0.2) is 0 Å². The molecule has 0 fully saturated rings. The van der Waals surface area contributed by atoms with Crippen molar-refractivity contribution in [2.75, 3.05) is 0 Å². The minimum absolute atomic E-state index is 0.785. The van der Waals surface area contributed by atoms with Gasteiger partial charge in [-0.05, 0) is 51.4 Å². The molecule has 0 saturated carbocycles. The minimum Gasteiger partial charge on any atom is -0.0781 e. The molecule has 0 aromatic rings. The molecule has 2 atom stereocenters. The Kier molecular flexibility index (Phi) is 3.04. The summed E-state index contributed by atoms with van der Waals surface area (Å²) in [6.07, 6.45) is 7.95. The maximum Gasteiger partial charge on any atom is 0.00128 e. The van der Waals surface area contributed by atoms with Crippen molar-refractivity contribution in [3.05, 3.63) is 22.8 Å². The molecular formula is C15H24. The molecule has 1 unspecified atom stereocenters. The maximum atomic E-state index is 2.56. The van der Waals surface area contributed by atoms with E-state index in [1.807, 2.05) is 0 Å². The summed E-state index contributed by atoms with van der Waals surface area (Å²) in [6, 6.07) is 0. The van der Waals surface area contributed by atoms with Crippen LogP contribution in [0.4, 0.5) is 0 Å². The molecule has 0 aromatic carbocycles. The van der Waals surface area contributed by atoms with Gasteiger partial charge in [0.15, 0.2) is 0 Å². The first kappa shape index (κ1) is 11.0. The normalized spacial score (nSPS) is 31.7. The van der Waals surface area contributed by atoms with Gasteiger partial charge >= 0.3 is 0 Å². The zero-order chi connectivity index (χ0) is 11.0. The molecule has 84 valence electrons. The fourth-order valence-corrected chi connectivity index (χ4v) is 3.34. The Morgan fingerprint density at radius 2 is 1.87 bits per heavy atom. The fraction of sp³-hybridized carbons (Fsp3) is 0.733. The summed E-state index contributed by atoms with van der Waals surface area (Å²) in [5.74, 6) is 2.52. The van der Waals surface area contributed by atoms with Crippen LogP contribution in [0.2, 0.25) is 0 Å². The quantitative estimate of drug-likeness (QED) is 0.542. The summed E-state index contributed by atoms with van der Waals surface area (Å²) in [5, 5.41) is 0. The summed E-state index contributed by atoms with van der Waals surface area (Å²) in [6.45, 7) is 9.44. The number of allylic oxidation sites excluding steroid dienone is 4. The number of rotatable bonds is 1. The van der Waals surface area contributed by atoms with E-state index in [-0.39, 0.29) is 0 Å². The average molecular weight is 204 g/mol. The lowest BCUT2D eigenvalue weighted by Gasteiger charge is -2.38. The minimum atomic E-state index is 0.785. The van der Waals surface area contributed by atoms with Crippen molar-refractivity contribution in [2.45, 2.75) is 53.4 Å². The smallest absolute Gasteiger partial charge is 0.00128 e. The Bertz CT molecular complexity index is 304. The molecule has 0 amide bonds. The number of hydrogen-bond acceptors (Lipinski definition) is 0. The zero-order valence-corrected chi connectivity index (χ0v) is 10.6. The van der Waals surface area contributed by atoms with Crippen molar-refractivity contribution in [1.29, 1.82) is 0 Å². The molecule has 0 N–H and O–H groups in total. The number of fused-ring (bicyclic) bond motifs is 1. The van der Waals surface area contributed by atoms with Gasteiger partial charge in [0.25, 0.3) is 0 Å². The van der Waals surface area contributed by atoms with Crippen LogP contribution in [-0.4, -0.2) is 0 Å². The first-order chi connectivity index (χ1) is 7.09. The summed E-state index contributed by atoms with van der Waals surface area (Å²) in [7, 11) is 0. The highest BCUT2D eigenvalue weighted by molar-refractivity contribution is 5.30. The van der Waals surface area contributed by atoms with Crippen LogP contribution in [0.1, 0.15) is 53.4 Å². The van der Waals surface area contributed by atoms with Crippen molar-refractivity contribution in [2.24, 2.45) is 17.8 Å². The van der Waals surface area contributed by atoms with Crippen LogP contribution in [0, 0.1) is 17.8 Å². The second kappa shape index (κ2) is 4.15. The second-order valence-corrected chi connectivity index (χ2v) is 5.79. The molecule has 2 aliphatic rings. The van der Waals surface area contributed by atoms with Gasteiger partial charge in [-0.2, -0.15) is 0 Å². The topological polar surface area (TPSA) is 0 Å². The van der Waals surface area contributed by atoms with Crippen molar-refractivity contribution >= 4 is 0 Å². The highest BCUT2D eigenvalue weighted by atomic mass is 14.4. The van der Waals surface area contributed by atoms with E-state index in [9.17, 15) is 0 Å². The predicted molar refractivity (Wildman–Crippen MR) is 66.7 cm³/mol. The van der Waals surface area contributed by atoms with Crippen LogP contribution >= 0.6 is 0 Å². The first-order valence-electron chi connectivity index (χ1n) is 6.45. The van der Waals surface area contributed by atoms with Crippen LogP contribution < -0.4 is 0 Å². The monoisotopic (exact) mass is 204 g/mol. The van der Waals surface area contributed by atoms with Crippen molar-refractivity contribution in [1.82, 2.24) is 0 Å². The van der Waals surface area contributed by atoms with E-state index in [0.29, 0.717) is 0 Å². The van der Waals surface area contributed by atoms with Crippen LogP contribution in [0.25, 0.3) is 0 Å². The Balaban J connectivity index is 2.33. The molecule has 0 saturated heterocycles. The molecular weight excluding hydrogens is 180 g/mol. The zero-order valence-electron chi connectivity index (χ0n) is 10.6. The van der Waals surface area contributed by atoms with Gasteiger partial charge in [0.1, 0.15) is 0 Å². The van der Waals surface area contributed by atoms with E-state index in [1.165, 1.54) is 25.7 Å². The second-order valence-electron chi connectivity index (χ2n) is 5.79. The van der Waals surface area contributed by atoms with Crippen LogP contribution in [0.3, 0.4) is 0 Å². The van der Waals surface area contributed by atoms with Crippen LogP contribution in [0.15, 0.2) is 22.8 Å². The lowest BCUT2D eigenvalue weighted by atomic mass is 9.67. The van der Waals surface area contributed by atoms with E-state index < -0.39 is 0 Å². The Hall–Kier alpha value is -0.520. The Morgan fingerprint density at radius 1 is 1.13 bits per heavy atom. The van der Waals surface area contributed by atoms with E-state index in [0.717, 1.165) is 17.8 Å². The van der Waals surface area contributed by atoms with Gasteiger partial charge in [0, 0.05) is 5.92 Å². The van der Waals surface area contributed by atoms with Crippen LogP contribution in [0.5, 0.6) is 0 Å². The van der Waals surface area contributed by atoms with Gasteiger partial charge in [-0.1, -0.05) is 36.6 Å². The van der Waals surface area contributed by atoms with E-state index >= 15 is 0 Å². The highest BCUT2D eigenvalue weighted by Gasteiger charge is 2.32. The molecule has 0 bridgehead atoms. The first-order valence-corrected chi connectivity index (χ1v) is 6.45. The molecule has 0 heteroatoms. The molecule has 0 spiro atoms.